The van der Waals surface area contributed by atoms with Crippen LogP contribution in [0.3, 0.4) is 0 Å². The quantitative estimate of drug-likeness (QED) is 0.401. The third-order valence-corrected chi connectivity index (χ3v) is 6.57. The van der Waals surface area contributed by atoms with Crippen molar-refractivity contribution in [2.45, 2.75) is 25.8 Å². The van der Waals surface area contributed by atoms with Crippen LogP contribution in [0.2, 0.25) is 0 Å². The second kappa shape index (κ2) is 9.50. The number of ether oxygens (including phenoxy) is 1. The predicted molar refractivity (Wildman–Crippen MR) is 133 cm³/mol. The molecule has 1 unspecified atom stereocenters. The number of hydrogen-bond donors (Lipinski definition) is 1. The highest BCUT2D eigenvalue weighted by molar-refractivity contribution is 6.46. The molecule has 1 N–H and O–H groups in total. The van der Waals surface area contributed by atoms with E-state index in [0.717, 1.165) is 23.5 Å². The second-order valence-corrected chi connectivity index (χ2v) is 9.57. The minimum absolute atomic E-state index is 0.125. The number of ketones is 1. The normalized spacial score (nSPS) is 19.7. The topological polar surface area (TPSA) is 73.3 Å². The Morgan fingerprint density at radius 2 is 1.85 bits per heavy atom. The van der Waals surface area contributed by atoms with Gasteiger partial charge in [-0.15, -0.1) is 0 Å². The molecule has 7 nitrogen and oxygen atoms in total. The first-order valence-electron chi connectivity index (χ1n) is 11.7. The van der Waals surface area contributed by atoms with Gasteiger partial charge >= 0.3 is 0 Å². The minimum Gasteiger partial charge on any atom is -0.507 e. The molecule has 34 heavy (non-hydrogen) atoms. The van der Waals surface area contributed by atoms with Crippen LogP contribution in [0.5, 0.6) is 5.75 Å². The van der Waals surface area contributed by atoms with Crippen molar-refractivity contribution in [2.75, 3.05) is 52.3 Å². The average molecular weight is 464 g/mol. The van der Waals surface area contributed by atoms with Gasteiger partial charge in [-0.1, -0.05) is 38.1 Å². The molecule has 0 bridgehead atoms. The van der Waals surface area contributed by atoms with Crippen molar-refractivity contribution in [2.24, 2.45) is 0 Å². The molecular weight excluding hydrogens is 430 g/mol. The van der Waals surface area contributed by atoms with Gasteiger partial charge in [0.05, 0.1) is 23.8 Å². The van der Waals surface area contributed by atoms with Gasteiger partial charge in [0.2, 0.25) is 0 Å². The summed E-state index contributed by atoms with van der Waals surface area (Å²) >= 11 is 0. The lowest BCUT2D eigenvalue weighted by atomic mass is 9.93. The summed E-state index contributed by atoms with van der Waals surface area (Å²) < 4.78 is 5.71. The summed E-state index contributed by atoms with van der Waals surface area (Å²) in [4.78, 5) is 31.9. The van der Waals surface area contributed by atoms with E-state index < -0.39 is 17.7 Å². The largest absolute Gasteiger partial charge is 0.507 e. The fraction of sp³-hybridized carbons (Fsp3) is 0.407. The molecule has 4 rings (SSSR count). The Balaban J connectivity index is 1.82. The Morgan fingerprint density at radius 3 is 2.50 bits per heavy atom. The van der Waals surface area contributed by atoms with Crippen molar-refractivity contribution < 1.29 is 19.4 Å². The van der Waals surface area contributed by atoms with Gasteiger partial charge in [-0.25, -0.2) is 0 Å². The lowest BCUT2D eigenvalue weighted by molar-refractivity contribution is -0.140. The Hall–Kier alpha value is -3.32. The number of aliphatic hydroxyl groups is 1. The molecule has 0 radical (unpaired) electrons. The number of likely N-dealkylation sites (tertiary alicyclic amines) is 1. The van der Waals surface area contributed by atoms with Crippen LogP contribution in [-0.4, -0.2) is 74.0 Å². The predicted octanol–water partition coefficient (Wildman–Crippen LogP) is 3.62. The van der Waals surface area contributed by atoms with E-state index in [1.54, 1.807) is 17.0 Å². The van der Waals surface area contributed by atoms with Crippen LogP contribution in [0.1, 0.15) is 42.5 Å². The zero-order valence-electron chi connectivity index (χ0n) is 20.5. The monoisotopic (exact) mass is 463 g/mol. The van der Waals surface area contributed by atoms with E-state index in [4.69, 9.17) is 4.74 Å². The van der Waals surface area contributed by atoms with E-state index in [1.165, 1.54) is 5.56 Å². The molecule has 0 aromatic heterocycles. The number of likely N-dealkylation sites (N-methyl/N-ethyl adjacent to an activating group) is 2. The molecule has 180 valence electrons. The van der Waals surface area contributed by atoms with E-state index in [1.807, 2.05) is 61.3 Å². The number of anilines is 1. The highest BCUT2D eigenvalue weighted by atomic mass is 16.5. The number of carbonyl (C=O) groups is 2. The summed E-state index contributed by atoms with van der Waals surface area (Å²) in [6, 6.07) is 12.7. The summed E-state index contributed by atoms with van der Waals surface area (Å²) in [5.41, 5.74) is 3.44. The van der Waals surface area contributed by atoms with Crippen molar-refractivity contribution in [3.63, 3.8) is 0 Å². The highest BCUT2D eigenvalue weighted by Crippen LogP contribution is 2.41. The van der Waals surface area contributed by atoms with Gasteiger partial charge in [-0.3, -0.25) is 9.59 Å². The minimum atomic E-state index is -0.656. The molecule has 1 atom stereocenters. The number of hydrogen-bond acceptors (Lipinski definition) is 6. The van der Waals surface area contributed by atoms with E-state index in [-0.39, 0.29) is 11.3 Å². The van der Waals surface area contributed by atoms with E-state index in [9.17, 15) is 14.7 Å². The molecule has 2 aromatic carbocycles. The highest BCUT2D eigenvalue weighted by Gasteiger charge is 2.46. The molecule has 1 saturated heterocycles. The molecule has 7 heteroatoms. The van der Waals surface area contributed by atoms with E-state index >= 15 is 0 Å². The summed E-state index contributed by atoms with van der Waals surface area (Å²) in [6.45, 7) is 6.55. The van der Waals surface area contributed by atoms with Crippen LogP contribution in [-0.2, 0) is 9.59 Å². The zero-order chi connectivity index (χ0) is 24.6. The third-order valence-electron chi connectivity index (χ3n) is 6.57. The summed E-state index contributed by atoms with van der Waals surface area (Å²) in [5.74, 6) is -0.303. The number of aliphatic hydroxyl groups excluding tert-OH is 1. The van der Waals surface area contributed by atoms with Crippen LogP contribution < -0.4 is 9.64 Å². The van der Waals surface area contributed by atoms with Crippen molar-refractivity contribution in [1.82, 2.24) is 9.80 Å². The van der Waals surface area contributed by atoms with Crippen LogP contribution in [0.15, 0.2) is 48.0 Å². The van der Waals surface area contributed by atoms with Crippen LogP contribution in [0.4, 0.5) is 5.69 Å². The Morgan fingerprint density at radius 1 is 1.15 bits per heavy atom. The fourth-order valence-electron chi connectivity index (χ4n) is 4.48. The fourth-order valence-corrected chi connectivity index (χ4v) is 4.48. The van der Waals surface area contributed by atoms with E-state index in [0.29, 0.717) is 31.2 Å². The van der Waals surface area contributed by atoms with Gasteiger partial charge in [0.15, 0.2) is 0 Å². The number of nitrogens with zero attached hydrogens (tertiary/aromatic N) is 3. The van der Waals surface area contributed by atoms with Crippen LogP contribution in [0.25, 0.3) is 5.76 Å². The maximum Gasteiger partial charge on any atom is 0.295 e. The first-order chi connectivity index (χ1) is 16.2. The molecule has 2 aliphatic heterocycles. The number of carbonyl (C=O) groups excluding carboxylic acids is 2. The lowest BCUT2D eigenvalue weighted by Crippen LogP contribution is -2.35. The number of benzene rings is 2. The maximum atomic E-state index is 13.2. The van der Waals surface area contributed by atoms with Gasteiger partial charge in [0.1, 0.15) is 18.1 Å². The lowest BCUT2D eigenvalue weighted by Gasteiger charge is -2.28. The van der Waals surface area contributed by atoms with Gasteiger partial charge in [0.25, 0.3) is 11.7 Å². The molecule has 2 heterocycles. The summed E-state index contributed by atoms with van der Waals surface area (Å²) in [7, 11) is 5.81. The molecule has 2 aromatic rings. The molecular formula is C27H33N3O4. The number of fused-ring (bicyclic) bond motifs is 1. The Bertz CT molecular complexity index is 1120. The van der Waals surface area contributed by atoms with E-state index in [2.05, 4.69) is 13.8 Å². The van der Waals surface area contributed by atoms with Crippen molar-refractivity contribution in [3.8, 4) is 5.75 Å². The smallest absolute Gasteiger partial charge is 0.295 e. The zero-order valence-corrected chi connectivity index (χ0v) is 20.5. The molecule has 0 saturated carbocycles. The molecule has 1 fully saturated rings. The molecule has 2 aliphatic rings. The number of Topliss-reactive ketones (excluding diaryl/α,β-unsaturated/α-hetero) is 1. The van der Waals surface area contributed by atoms with Gasteiger partial charge in [0, 0.05) is 25.7 Å². The second-order valence-electron chi connectivity index (χ2n) is 9.57. The van der Waals surface area contributed by atoms with Gasteiger partial charge in [-0.05, 0) is 49.3 Å². The van der Waals surface area contributed by atoms with Crippen molar-refractivity contribution in [3.05, 3.63) is 64.7 Å². The standard InChI is InChI=1S/C27H33N3O4/c1-17(2)18-6-8-19(9-7-18)24-23(26(32)27(33)30(24)13-12-28(3)4)25(31)20-10-11-22-21(16-20)29(5)14-15-34-22/h6-11,16-17,24,31H,12-15H2,1-5H3/b25-23-. The van der Waals surface area contributed by atoms with Crippen molar-refractivity contribution in [1.29, 1.82) is 0 Å². The van der Waals surface area contributed by atoms with Crippen LogP contribution >= 0.6 is 0 Å². The van der Waals surface area contributed by atoms with Crippen LogP contribution in [0, 0.1) is 0 Å². The first kappa shape index (κ1) is 23.8. The average Bonchev–Trinajstić information content (AvgIpc) is 3.07. The first-order valence-corrected chi connectivity index (χ1v) is 11.7. The number of rotatable bonds is 6. The Labute approximate surface area is 201 Å². The summed E-state index contributed by atoms with van der Waals surface area (Å²) in [6.07, 6.45) is 0. The number of amides is 1. The van der Waals surface area contributed by atoms with Gasteiger partial charge in [-0.2, -0.15) is 0 Å². The Kier molecular flexibility index (Phi) is 6.66. The molecule has 0 spiro atoms. The molecule has 0 aliphatic carbocycles. The van der Waals surface area contributed by atoms with Gasteiger partial charge < -0.3 is 24.5 Å². The maximum absolute atomic E-state index is 13.2. The molecule has 1 amide bonds. The SMILES string of the molecule is CC(C)c1ccc(C2/C(=C(/O)c3ccc4c(c3)N(C)CCO4)C(=O)C(=O)N2CCN(C)C)cc1. The summed E-state index contributed by atoms with van der Waals surface area (Å²) in [5, 5.41) is 11.4. The third kappa shape index (κ3) is 4.40. The van der Waals surface area contributed by atoms with Crippen molar-refractivity contribution >= 4 is 23.1 Å².